The number of sulfone groups is 1. The van der Waals surface area contributed by atoms with Crippen LogP contribution < -0.4 is 4.74 Å². The molecule has 0 aliphatic heterocycles. The van der Waals surface area contributed by atoms with Crippen LogP contribution in [0, 0.1) is 5.92 Å². The predicted molar refractivity (Wildman–Crippen MR) is 112 cm³/mol. The zero-order chi connectivity index (χ0) is 20.4. The first kappa shape index (κ1) is 20.6. The van der Waals surface area contributed by atoms with Gasteiger partial charge in [0.15, 0.2) is 15.6 Å². The summed E-state index contributed by atoms with van der Waals surface area (Å²) in [6, 6.07) is 14.5. The van der Waals surface area contributed by atoms with Gasteiger partial charge < -0.3 is 4.74 Å². The molecular weight excluding hydrogens is 372 g/mol. The average molecular weight is 401 g/mol. The molecule has 2 aromatic rings. The van der Waals surface area contributed by atoms with Crippen molar-refractivity contribution in [3.8, 4) is 5.75 Å². The van der Waals surface area contributed by atoms with E-state index in [1.807, 2.05) is 24.3 Å². The van der Waals surface area contributed by atoms with Gasteiger partial charge in [0.05, 0.1) is 17.1 Å². The molecule has 2 aromatic carbocycles. The number of hydrogen-bond acceptors (Lipinski definition) is 4. The Morgan fingerprint density at radius 3 is 2.32 bits per heavy atom. The number of carbonyl (C=O) groups excluding carboxylic acids is 1. The molecule has 150 valence electrons. The molecule has 0 aromatic heterocycles. The number of ketones is 1. The van der Waals surface area contributed by atoms with Crippen LogP contribution in [0.5, 0.6) is 5.75 Å². The second kappa shape index (κ2) is 8.08. The van der Waals surface area contributed by atoms with E-state index in [1.165, 1.54) is 12.8 Å². The van der Waals surface area contributed by atoms with Gasteiger partial charge in [0.25, 0.3) is 0 Å². The maximum atomic E-state index is 12.6. The Labute approximate surface area is 167 Å². The summed E-state index contributed by atoms with van der Waals surface area (Å²) in [6.45, 7) is 5.84. The quantitative estimate of drug-likeness (QED) is 0.607. The normalized spacial score (nSPS) is 14.7. The van der Waals surface area contributed by atoms with Crippen LogP contribution in [0.2, 0.25) is 0 Å². The van der Waals surface area contributed by atoms with Crippen LogP contribution in [0.3, 0.4) is 0 Å². The molecule has 0 radical (unpaired) electrons. The molecule has 1 saturated carbocycles. The van der Waals surface area contributed by atoms with E-state index < -0.39 is 14.6 Å². The number of Topliss-reactive ketones (excluding diaryl/α,β-unsaturated/α-hetero) is 1. The molecule has 0 saturated heterocycles. The molecular formula is C23H28O4S. The molecule has 3 rings (SSSR count). The lowest BCUT2D eigenvalue weighted by Gasteiger charge is -2.19. The molecule has 0 bridgehead atoms. The van der Waals surface area contributed by atoms with Gasteiger partial charge >= 0.3 is 0 Å². The average Bonchev–Trinajstić information content (AvgIpc) is 3.44. The molecule has 1 fully saturated rings. The van der Waals surface area contributed by atoms with E-state index in [1.54, 1.807) is 45.0 Å². The third-order valence-electron chi connectivity index (χ3n) is 5.01. The van der Waals surface area contributed by atoms with Gasteiger partial charge in [-0.3, -0.25) is 4.79 Å². The Morgan fingerprint density at radius 1 is 1.04 bits per heavy atom. The van der Waals surface area contributed by atoms with Crippen LogP contribution in [-0.4, -0.2) is 25.6 Å². The summed E-state index contributed by atoms with van der Waals surface area (Å²) >= 11 is 0. The maximum Gasteiger partial charge on any atom is 0.167 e. The lowest BCUT2D eigenvalue weighted by Crippen LogP contribution is -2.29. The van der Waals surface area contributed by atoms with Crippen molar-refractivity contribution in [2.24, 2.45) is 5.92 Å². The van der Waals surface area contributed by atoms with E-state index in [9.17, 15) is 13.2 Å². The van der Waals surface area contributed by atoms with Crippen molar-refractivity contribution in [2.75, 3.05) is 6.61 Å². The lowest BCUT2D eigenvalue weighted by molar-refractivity contribution is 0.0993. The second-order valence-electron chi connectivity index (χ2n) is 8.57. The van der Waals surface area contributed by atoms with Crippen molar-refractivity contribution in [1.82, 2.24) is 0 Å². The lowest BCUT2D eigenvalue weighted by atomic mass is 10.0. The number of hydrogen-bond donors (Lipinski definition) is 0. The molecule has 0 spiro atoms. The third kappa shape index (κ3) is 5.44. The smallest absolute Gasteiger partial charge is 0.167 e. The Bertz CT molecular complexity index is 933. The topological polar surface area (TPSA) is 60.4 Å². The van der Waals surface area contributed by atoms with Crippen LogP contribution in [0.1, 0.15) is 55.1 Å². The Kier molecular flexibility index (Phi) is 5.94. The van der Waals surface area contributed by atoms with Crippen molar-refractivity contribution in [3.63, 3.8) is 0 Å². The van der Waals surface area contributed by atoms with Crippen molar-refractivity contribution >= 4 is 15.6 Å². The summed E-state index contributed by atoms with van der Waals surface area (Å²) in [5, 5.41) is 0. The van der Waals surface area contributed by atoms with E-state index >= 15 is 0 Å². The van der Waals surface area contributed by atoms with Crippen LogP contribution in [-0.2, 0) is 22.0 Å². The summed E-state index contributed by atoms with van der Waals surface area (Å²) in [5.74, 6) is 1.47. The van der Waals surface area contributed by atoms with Crippen LogP contribution >= 0.6 is 0 Å². The van der Waals surface area contributed by atoms with Gasteiger partial charge in [-0.05, 0) is 62.8 Å². The first-order valence-corrected chi connectivity index (χ1v) is 11.4. The van der Waals surface area contributed by atoms with Crippen molar-refractivity contribution < 1.29 is 17.9 Å². The fourth-order valence-corrected chi connectivity index (χ4v) is 3.82. The number of rotatable bonds is 8. The summed E-state index contributed by atoms with van der Waals surface area (Å²) in [5.41, 5.74) is 2.20. The van der Waals surface area contributed by atoms with Crippen molar-refractivity contribution in [3.05, 3.63) is 65.2 Å². The molecule has 0 amide bonds. The standard InChI is InChI=1S/C23H28O4S/c1-23(2,3)28(25,26)16-18-9-11-20(12-10-18)22(24)14-19-5-4-6-21(13-19)27-15-17-7-8-17/h4-6,9-13,17H,7-8,14-16H2,1-3H3. The third-order valence-corrected chi connectivity index (χ3v) is 7.59. The molecule has 0 atom stereocenters. The van der Waals surface area contributed by atoms with E-state index in [0.717, 1.165) is 17.9 Å². The molecule has 5 heteroatoms. The highest BCUT2D eigenvalue weighted by molar-refractivity contribution is 7.91. The van der Waals surface area contributed by atoms with Crippen molar-refractivity contribution in [2.45, 2.75) is 50.5 Å². The molecule has 4 nitrogen and oxygen atoms in total. The molecule has 0 N–H and O–H groups in total. The summed E-state index contributed by atoms with van der Waals surface area (Å²) in [7, 11) is -3.24. The van der Waals surface area contributed by atoms with E-state index in [2.05, 4.69) is 0 Å². The van der Waals surface area contributed by atoms with Gasteiger partial charge in [-0.2, -0.15) is 0 Å². The number of carbonyl (C=O) groups is 1. The van der Waals surface area contributed by atoms with Gasteiger partial charge in [-0.15, -0.1) is 0 Å². The minimum absolute atomic E-state index is 0.00423. The minimum atomic E-state index is -3.24. The van der Waals surface area contributed by atoms with Gasteiger partial charge in [0.1, 0.15) is 5.75 Å². The van der Waals surface area contributed by atoms with Crippen LogP contribution in [0.15, 0.2) is 48.5 Å². The molecule has 1 aliphatic carbocycles. The fourth-order valence-electron chi connectivity index (χ4n) is 2.75. The van der Waals surface area contributed by atoms with E-state index in [0.29, 0.717) is 23.5 Å². The summed E-state index contributed by atoms with van der Waals surface area (Å²) < 4.78 is 29.6. The Hall–Kier alpha value is -2.14. The minimum Gasteiger partial charge on any atom is -0.493 e. The number of benzene rings is 2. The maximum absolute atomic E-state index is 12.6. The Morgan fingerprint density at radius 2 is 1.71 bits per heavy atom. The summed E-state index contributed by atoms with van der Waals surface area (Å²) in [4.78, 5) is 12.6. The highest BCUT2D eigenvalue weighted by atomic mass is 32.2. The fraction of sp³-hybridized carbons (Fsp3) is 0.435. The molecule has 28 heavy (non-hydrogen) atoms. The molecule has 1 aliphatic rings. The molecule has 0 heterocycles. The first-order chi connectivity index (χ1) is 13.1. The zero-order valence-electron chi connectivity index (χ0n) is 16.8. The second-order valence-corrected chi connectivity index (χ2v) is 11.3. The van der Waals surface area contributed by atoms with Crippen molar-refractivity contribution in [1.29, 1.82) is 0 Å². The number of ether oxygens (including phenoxy) is 1. The highest BCUT2D eigenvalue weighted by Crippen LogP contribution is 2.29. The molecule has 0 unspecified atom stereocenters. The van der Waals surface area contributed by atoms with Crippen LogP contribution in [0.25, 0.3) is 0 Å². The van der Waals surface area contributed by atoms with Gasteiger partial charge in [0.2, 0.25) is 0 Å². The Balaban J connectivity index is 1.62. The van der Waals surface area contributed by atoms with Crippen LogP contribution in [0.4, 0.5) is 0 Å². The first-order valence-electron chi connectivity index (χ1n) is 9.70. The SMILES string of the molecule is CC(C)(C)S(=O)(=O)Cc1ccc(C(=O)Cc2cccc(OCC3CC3)c2)cc1. The van der Waals surface area contributed by atoms with Gasteiger partial charge in [-0.1, -0.05) is 36.4 Å². The zero-order valence-corrected chi connectivity index (χ0v) is 17.6. The highest BCUT2D eigenvalue weighted by Gasteiger charge is 2.29. The van der Waals surface area contributed by atoms with Gasteiger partial charge in [-0.25, -0.2) is 8.42 Å². The van der Waals surface area contributed by atoms with Gasteiger partial charge in [0, 0.05) is 12.0 Å². The monoisotopic (exact) mass is 400 g/mol. The van der Waals surface area contributed by atoms with E-state index in [-0.39, 0.29) is 11.5 Å². The predicted octanol–water partition coefficient (Wildman–Crippen LogP) is 4.61. The summed E-state index contributed by atoms with van der Waals surface area (Å²) in [6.07, 6.45) is 2.77. The van der Waals surface area contributed by atoms with E-state index in [4.69, 9.17) is 4.74 Å². The largest absolute Gasteiger partial charge is 0.493 e.